The molecule has 0 aliphatic rings. The Hall–Kier alpha value is -1.07. The highest BCUT2D eigenvalue weighted by Crippen LogP contribution is 2.35. The minimum absolute atomic E-state index is 0.349. The molecule has 0 aliphatic heterocycles. The lowest BCUT2D eigenvalue weighted by molar-refractivity contribution is 1.09. The van der Waals surface area contributed by atoms with Crippen LogP contribution in [0.4, 0.5) is 5.69 Å². The standard InChI is InChI=1S/C10H11N3S2/c1-7(14-10-12-6-13-15-10)8-3-2-4-9(11)5-8/h2-7H,11H2,1H3. The first-order chi connectivity index (χ1) is 7.25. The quantitative estimate of drug-likeness (QED) is 0.658. The summed E-state index contributed by atoms with van der Waals surface area (Å²) in [5.74, 6) is 0. The van der Waals surface area contributed by atoms with Gasteiger partial charge in [-0.25, -0.2) is 4.98 Å². The number of hydrogen-bond donors (Lipinski definition) is 1. The topological polar surface area (TPSA) is 51.8 Å². The predicted molar refractivity (Wildman–Crippen MR) is 65.0 cm³/mol. The molecule has 3 nitrogen and oxygen atoms in total. The van der Waals surface area contributed by atoms with Crippen LogP contribution in [0.25, 0.3) is 0 Å². The SMILES string of the molecule is CC(Sc1ncns1)c1cccc(N)c1. The molecule has 2 rings (SSSR count). The van der Waals surface area contributed by atoms with Crippen molar-refractivity contribution in [2.45, 2.75) is 16.5 Å². The Labute approximate surface area is 96.9 Å². The van der Waals surface area contributed by atoms with Gasteiger partial charge in [0.25, 0.3) is 0 Å². The Kier molecular flexibility index (Phi) is 3.23. The van der Waals surface area contributed by atoms with Crippen LogP contribution >= 0.6 is 23.3 Å². The second-order valence-corrected chi connectivity index (χ2v) is 5.51. The number of rotatable bonds is 3. The van der Waals surface area contributed by atoms with Crippen LogP contribution in [0, 0.1) is 0 Å². The first kappa shape index (κ1) is 10.4. The van der Waals surface area contributed by atoms with E-state index >= 15 is 0 Å². The Bertz CT molecular complexity index is 428. The maximum Gasteiger partial charge on any atom is 0.170 e. The van der Waals surface area contributed by atoms with Gasteiger partial charge in [0.15, 0.2) is 4.34 Å². The van der Waals surface area contributed by atoms with Gasteiger partial charge < -0.3 is 5.73 Å². The van der Waals surface area contributed by atoms with Crippen molar-refractivity contribution in [1.29, 1.82) is 0 Å². The molecule has 0 radical (unpaired) electrons. The van der Waals surface area contributed by atoms with Gasteiger partial charge >= 0.3 is 0 Å². The van der Waals surface area contributed by atoms with Crippen molar-refractivity contribution >= 4 is 29.0 Å². The number of nitrogens with two attached hydrogens (primary N) is 1. The molecule has 0 saturated carbocycles. The van der Waals surface area contributed by atoms with Crippen LogP contribution in [0.1, 0.15) is 17.7 Å². The summed E-state index contributed by atoms with van der Waals surface area (Å²) in [6, 6.07) is 7.95. The lowest BCUT2D eigenvalue weighted by Crippen LogP contribution is -1.91. The molecule has 5 heteroatoms. The van der Waals surface area contributed by atoms with Crippen LogP contribution in [0.2, 0.25) is 0 Å². The van der Waals surface area contributed by atoms with E-state index in [2.05, 4.69) is 22.3 Å². The minimum Gasteiger partial charge on any atom is -0.399 e. The molecule has 1 heterocycles. The van der Waals surface area contributed by atoms with Crippen molar-refractivity contribution in [2.24, 2.45) is 0 Å². The van der Waals surface area contributed by atoms with Gasteiger partial charge in [0, 0.05) is 10.9 Å². The van der Waals surface area contributed by atoms with Crippen LogP contribution < -0.4 is 5.73 Å². The zero-order valence-electron chi connectivity index (χ0n) is 8.25. The summed E-state index contributed by atoms with van der Waals surface area (Å²) in [5.41, 5.74) is 7.76. The number of nitrogens with zero attached hydrogens (tertiary/aromatic N) is 2. The van der Waals surface area contributed by atoms with Crippen molar-refractivity contribution in [2.75, 3.05) is 5.73 Å². The van der Waals surface area contributed by atoms with Crippen LogP contribution in [0.15, 0.2) is 34.9 Å². The Morgan fingerprint density at radius 2 is 2.33 bits per heavy atom. The van der Waals surface area contributed by atoms with Gasteiger partial charge in [-0.3, -0.25) is 0 Å². The van der Waals surface area contributed by atoms with Gasteiger partial charge in [-0.15, -0.1) is 0 Å². The lowest BCUT2D eigenvalue weighted by Gasteiger charge is -2.09. The zero-order chi connectivity index (χ0) is 10.7. The number of nitrogen functional groups attached to an aromatic ring is 1. The number of thioether (sulfide) groups is 1. The maximum atomic E-state index is 5.74. The fourth-order valence-electron chi connectivity index (χ4n) is 1.25. The molecule has 1 aromatic heterocycles. The maximum absolute atomic E-state index is 5.74. The third-order valence-electron chi connectivity index (χ3n) is 2.00. The van der Waals surface area contributed by atoms with Crippen molar-refractivity contribution in [1.82, 2.24) is 9.36 Å². The van der Waals surface area contributed by atoms with E-state index < -0.39 is 0 Å². The molecule has 0 aliphatic carbocycles. The van der Waals surface area contributed by atoms with Gasteiger partial charge in [-0.1, -0.05) is 23.9 Å². The molecule has 1 atom stereocenters. The van der Waals surface area contributed by atoms with E-state index in [4.69, 9.17) is 5.73 Å². The van der Waals surface area contributed by atoms with Gasteiger partial charge in [0.2, 0.25) is 0 Å². The first-order valence-corrected chi connectivity index (χ1v) is 6.20. The molecule has 2 aromatic rings. The Morgan fingerprint density at radius 3 is 3.00 bits per heavy atom. The third kappa shape index (κ3) is 2.70. The largest absolute Gasteiger partial charge is 0.399 e. The molecule has 0 fully saturated rings. The molecule has 1 aromatic carbocycles. The summed E-state index contributed by atoms with van der Waals surface area (Å²) < 4.78 is 4.96. The highest BCUT2D eigenvalue weighted by Gasteiger charge is 2.09. The number of benzene rings is 1. The van der Waals surface area contributed by atoms with Gasteiger partial charge in [-0.05, 0) is 36.2 Å². The van der Waals surface area contributed by atoms with Crippen LogP contribution in [0.5, 0.6) is 0 Å². The molecule has 1 unspecified atom stereocenters. The summed E-state index contributed by atoms with van der Waals surface area (Å²) in [6.07, 6.45) is 1.58. The van der Waals surface area contributed by atoms with Crippen molar-refractivity contribution in [3.63, 3.8) is 0 Å². The van der Waals surface area contributed by atoms with Crippen LogP contribution in [-0.4, -0.2) is 9.36 Å². The number of anilines is 1. The van der Waals surface area contributed by atoms with E-state index in [1.54, 1.807) is 18.1 Å². The summed E-state index contributed by atoms with van der Waals surface area (Å²) in [4.78, 5) is 4.14. The summed E-state index contributed by atoms with van der Waals surface area (Å²) in [7, 11) is 0. The fraction of sp³-hybridized carbons (Fsp3) is 0.200. The summed E-state index contributed by atoms with van der Waals surface area (Å²) in [6.45, 7) is 2.14. The van der Waals surface area contributed by atoms with E-state index in [9.17, 15) is 0 Å². The van der Waals surface area contributed by atoms with Crippen molar-refractivity contribution in [3.8, 4) is 0 Å². The third-order valence-corrected chi connectivity index (χ3v) is 3.91. The predicted octanol–water partition coefficient (Wildman–Crippen LogP) is 2.97. The number of aromatic nitrogens is 2. The average Bonchev–Trinajstić information content (AvgIpc) is 2.70. The zero-order valence-corrected chi connectivity index (χ0v) is 9.89. The monoisotopic (exact) mass is 237 g/mol. The van der Waals surface area contributed by atoms with Gasteiger partial charge in [-0.2, -0.15) is 4.37 Å². The smallest absolute Gasteiger partial charge is 0.170 e. The first-order valence-electron chi connectivity index (χ1n) is 4.54. The highest BCUT2D eigenvalue weighted by atomic mass is 32.2. The van der Waals surface area contributed by atoms with Crippen molar-refractivity contribution < 1.29 is 0 Å². The highest BCUT2D eigenvalue weighted by molar-refractivity contribution is 8.01. The summed E-state index contributed by atoms with van der Waals surface area (Å²) >= 11 is 3.12. The van der Waals surface area contributed by atoms with E-state index in [0.29, 0.717) is 5.25 Å². The second-order valence-electron chi connectivity index (χ2n) is 3.14. The van der Waals surface area contributed by atoms with Crippen molar-refractivity contribution in [3.05, 3.63) is 36.2 Å². The molecule has 0 spiro atoms. The summed E-state index contributed by atoms with van der Waals surface area (Å²) in [5, 5.41) is 0.349. The Morgan fingerprint density at radius 1 is 1.47 bits per heavy atom. The molecule has 0 amide bonds. The number of hydrogen-bond acceptors (Lipinski definition) is 5. The minimum atomic E-state index is 0.349. The molecule has 2 N–H and O–H groups in total. The van der Waals surface area contributed by atoms with E-state index in [-0.39, 0.29) is 0 Å². The van der Waals surface area contributed by atoms with E-state index in [0.717, 1.165) is 10.0 Å². The van der Waals surface area contributed by atoms with Crippen LogP contribution in [-0.2, 0) is 0 Å². The fourth-order valence-corrected chi connectivity index (χ4v) is 2.95. The van der Waals surface area contributed by atoms with Gasteiger partial charge in [0.1, 0.15) is 6.33 Å². The molecular formula is C10H11N3S2. The molecule has 0 saturated heterocycles. The molecular weight excluding hydrogens is 226 g/mol. The van der Waals surface area contributed by atoms with Gasteiger partial charge in [0.05, 0.1) is 0 Å². The lowest BCUT2D eigenvalue weighted by atomic mass is 10.1. The molecule has 15 heavy (non-hydrogen) atoms. The van der Waals surface area contributed by atoms with Crippen LogP contribution in [0.3, 0.4) is 0 Å². The van der Waals surface area contributed by atoms with E-state index in [1.165, 1.54) is 17.1 Å². The van der Waals surface area contributed by atoms with E-state index in [1.807, 2.05) is 18.2 Å². The average molecular weight is 237 g/mol. The Balaban J connectivity index is 2.11. The normalized spacial score (nSPS) is 12.6. The molecule has 78 valence electrons. The second kappa shape index (κ2) is 4.63. The molecule has 0 bridgehead atoms.